The fourth-order valence-corrected chi connectivity index (χ4v) is 3.45. The molecule has 7 nitrogen and oxygen atoms in total. The molecule has 0 aliphatic heterocycles. The van der Waals surface area contributed by atoms with Crippen molar-refractivity contribution < 1.29 is 9.59 Å². The summed E-state index contributed by atoms with van der Waals surface area (Å²) in [7, 11) is 0. The third kappa shape index (κ3) is 10.2. The molecule has 0 bridgehead atoms. The number of nitrogens with zero attached hydrogens (tertiary/aromatic N) is 2. The predicted octanol–water partition coefficient (Wildman–Crippen LogP) is 1.89. The van der Waals surface area contributed by atoms with Gasteiger partial charge in [0.1, 0.15) is 0 Å². The van der Waals surface area contributed by atoms with Crippen LogP contribution >= 0.6 is 0 Å². The normalized spacial score (nSPS) is 15.3. The number of hydrogen-bond donors (Lipinski definition) is 3. The molecule has 2 amide bonds. The molecule has 0 aromatic carbocycles. The minimum atomic E-state index is 0.134. The van der Waals surface area contributed by atoms with E-state index in [1.807, 2.05) is 25.7 Å². The number of amides is 2. The minimum absolute atomic E-state index is 0.134. The van der Waals surface area contributed by atoms with Crippen molar-refractivity contribution in [3.8, 4) is 0 Å². The second-order valence-electron chi connectivity index (χ2n) is 7.06. The zero-order valence-corrected chi connectivity index (χ0v) is 17.5. The molecule has 0 saturated heterocycles. The monoisotopic (exact) mass is 381 g/mol. The van der Waals surface area contributed by atoms with Crippen molar-refractivity contribution in [2.45, 2.75) is 65.7 Å². The highest BCUT2D eigenvalue weighted by molar-refractivity contribution is 5.81. The molecule has 0 atom stereocenters. The molecule has 27 heavy (non-hydrogen) atoms. The maximum absolute atomic E-state index is 12.0. The maximum Gasteiger partial charge on any atom is 0.224 e. The van der Waals surface area contributed by atoms with Gasteiger partial charge in [-0.25, -0.2) is 0 Å². The summed E-state index contributed by atoms with van der Waals surface area (Å²) < 4.78 is 0. The Bertz CT molecular complexity index is 457. The molecule has 0 aromatic heterocycles. The summed E-state index contributed by atoms with van der Waals surface area (Å²) in [5.74, 6) is 1.53. The van der Waals surface area contributed by atoms with Gasteiger partial charge in [-0.3, -0.25) is 14.6 Å². The molecular formula is C20H39N5O2. The van der Waals surface area contributed by atoms with Gasteiger partial charge < -0.3 is 20.9 Å². The fourth-order valence-electron chi connectivity index (χ4n) is 3.45. The van der Waals surface area contributed by atoms with Gasteiger partial charge in [0, 0.05) is 45.6 Å². The molecule has 0 unspecified atom stereocenters. The smallest absolute Gasteiger partial charge is 0.224 e. The summed E-state index contributed by atoms with van der Waals surface area (Å²) in [6.07, 6.45) is 7.29. The van der Waals surface area contributed by atoms with Crippen molar-refractivity contribution in [2.75, 3.05) is 39.3 Å². The van der Waals surface area contributed by atoms with Gasteiger partial charge in [0.15, 0.2) is 5.96 Å². The highest BCUT2D eigenvalue weighted by Crippen LogP contribution is 2.25. The van der Waals surface area contributed by atoms with Crippen LogP contribution in [0.25, 0.3) is 0 Å². The van der Waals surface area contributed by atoms with Gasteiger partial charge >= 0.3 is 0 Å². The Morgan fingerprint density at radius 2 is 1.63 bits per heavy atom. The topological polar surface area (TPSA) is 85.8 Å². The predicted molar refractivity (Wildman–Crippen MR) is 111 cm³/mol. The summed E-state index contributed by atoms with van der Waals surface area (Å²) in [4.78, 5) is 30.3. The van der Waals surface area contributed by atoms with E-state index < -0.39 is 0 Å². The second kappa shape index (κ2) is 14.3. The largest absolute Gasteiger partial charge is 0.357 e. The number of guanidine groups is 1. The van der Waals surface area contributed by atoms with E-state index in [1.54, 1.807) is 0 Å². The van der Waals surface area contributed by atoms with E-state index in [-0.39, 0.29) is 11.8 Å². The van der Waals surface area contributed by atoms with Crippen molar-refractivity contribution >= 4 is 17.8 Å². The van der Waals surface area contributed by atoms with Crippen molar-refractivity contribution in [3.63, 3.8) is 0 Å². The van der Waals surface area contributed by atoms with Gasteiger partial charge in [-0.15, -0.1) is 0 Å². The van der Waals surface area contributed by atoms with Crippen molar-refractivity contribution in [1.29, 1.82) is 0 Å². The average Bonchev–Trinajstić information content (AvgIpc) is 2.67. The lowest BCUT2D eigenvalue weighted by Crippen LogP contribution is -2.42. The third-order valence-electron chi connectivity index (χ3n) is 4.99. The van der Waals surface area contributed by atoms with E-state index in [0.29, 0.717) is 44.4 Å². The SMILES string of the molecule is CCNC(=NCCC(=O)N(CC)CC)NCCNC(=O)CC1CCCCC1. The van der Waals surface area contributed by atoms with Crippen LogP contribution in [0.15, 0.2) is 4.99 Å². The second-order valence-corrected chi connectivity index (χ2v) is 7.06. The third-order valence-corrected chi connectivity index (χ3v) is 4.99. The van der Waals surface area contributed by atoms with Gasteiger partial charge in [0.05, 0.1) is 6.54 Å². The fraction of sp³-hybridized carbons (Fsp3) is 0.850. The lowest BCUT2D eigenvalue weighted by molar-refractivity contribution is -0.130. The summed E-state index contributed by atoms with van der Waals surface area (Å²) in [6.45, 7) is 9.85. The van der Waals surface area contributed by atoms with Crippen LogP contribution in [0.3, 0.4) is 0 Å². The Morgan fingerprint density at radius 3 is 2.26 bits per heavy atom. The standard InChI is InChI=1S/C20H39N5O2/c1-4-21-20(23-13-12-19(27)25(5-2)6-3)24-15-14-22-18(26)16-17-10-8-7-9-11-17/h17H,4-16H2,1-3H3,(H,22,26)(H2,21,23,24). The van der Waals surface area contributed by atoms with E-state index in [0.717, 1.165) is 19.6 Å². The highest BCUT2D eigenvalue weighted by atomic mass is 16.2. The molecule has 1 aliphatic rings. The lowest BCUT2D eigenvalue weighted by Gasteiger charge is -2.21. The van der Waals surface area contributed by atoms with Crippen LogP contribution in [0.4, 0.5) is 0 Å². The van der Waals surface area contributed by atoms with E-state index >= 15 is 0 Å². The van der Waals surface area contributed by atoms with Crippen LogP contribution < -0.4 is 16.0 Å². The van der Waals surface area contributed by atoms with Crippen molar-refractivity contribution in [2.24, 2.45) is 10.9 Å². The molecule has 156 valence electrons. The molecule has 7 heteroatoms. The van der Waals surface area contributed by atoms with Crippen LogP contribution in [-0.2, 0) is 9.59 Å². The minimum Gasteiger partial charge on any atom is -0.357 e. The van der Waals surface area contributed by atoms with Crippen LogP contribution in [-0.4, -0.2) is 61.9 Å². The van der Waals surface area contributed by atoms with Gasteiger partial charge in [0.25, 0.3) is 0 Å². The number of carbonyl (C=O) groups is 2. The molecule has 0 spiro atoms. The van der Waals surface area contributed by atoms with Crippen LogP contribution in [0, 0.1) is 5.92 Å². The molecule has 0 aromatic rings. The molecule has 1 saturated carbocycles. The zero-order chi connectivity index (χ0) is 19.9. The Morgan fingerprint density at radius 1 is 0.963 bits per heavy atom. The number of rotatable bonds is 11. The highest BCUT2D eigenvalue weighted by Gasteiger charge is 2.16. The molecule has 1 rings (SSSR count). The summed E-state index contributed by atoms with van der Waals surface area (Å²) in [5, 5.41) is 9.37. The summed E-state index contributed by atoms with van der Waals surface area (Å²) in [6, 6.07) is 0. The summed E-state index contributed by atoms with van der Waals surface area (Å²) >= 11 is 0. The van der Waals surface area contributed by atoms with Gasteiger partial charge in [-0.1, -0.05) is 19.3 Å². The van der Waals surface area contributed by atoms with Gasteiger partial charge in [0.2, 0.25) is 11.8 Å². The number of aliphatic imine (C=N–C) groups is 1. The van der Waals surface area contributed by atoms with Crippen molar-refractivity contribution in [3.05, 3.63) is 0 Å². The van der Waals surface area contributed by atoms with E-state index in [4.69, 9.17) is 0 Å². The molecule has 1 aliphatic carbocycles. The van der Waals surface area contributed by atoms with Crippen LogP contribution in [0.5, 0.6) is 0 Å². The number of carbonyl (C=O) groups excluding carboxylic acids is 2. The van der Waals surface area contributed by atoms with Crippen LogP contribution in [0.1, 0.15) is 65.7 Å². The summed E-state index contributed by atoms with van der Waals surface area (Å²) in [5.41, 5.74) is 0. The molecule has 1 fully saturated rings. The first-order valence-corrected chi connectivity index (χ1v) is 10.7. The molecular weight excluding hydrogens is 342 g/mol. The zero-order valence-electron chi connectivity index (χ0n) is 17.5. The Hall–Kier alpha value is -1.79. The van der Waals surface area contributed by atoms with Crippen LogP contribution in [0.2, 0.25) is 0 Å². The maximum atomic E-state index is 12.0. The average molecular weight is 382 g/mol. The number of hydrogen-bond acceptors (Lipinski definition) is 3. The Labute approximate surface area is 164 Å². The molecule has 3 N–H and O–H groups in total. The van der Waals surface area contributed by atoms with Crippen molar-refractivity contribution in [1.82, 2.24) is 20.9 Å². The number of nitrogens with one attached hydrogen (secondary N) is 3. The Balaban J connectivity index is 2.24. The molecule has 0 heterocycles. The van der Waals surface area contributed by atoms with E-state index in [9.17, 15) is 9.59 Å². The molecule has 0 radical (unpaired) electrons. The van der Waals surface area contributed by atoms with Gasteiger partial charge in [-0.05, 0) is 39.5 Å². The Kier molecular flexibility index (Phi) is 12.3. The van der Waals surface area contributed by atoms with E-state index in [2.05, 4.69) is 20.9 Å². The quantitative estimate of drug-likeness (QED) is 0.290. The first kappa shape index (κ1) is 23.2. The van der Waals surface area contributed by atoms with E-state index in [1.165, 1.54) is 32.1 Å². The van der Waals surface area contributed by atoms with Gasteiger partial charge in [-0.2, -0.15) is 0 Å². The first-order chi connectivity index (χ1) is 13.1. The first-order valence-electron chi connectivity index (χ1n) is 10.7. The lowest BCUT2D eigenvalue weighted by atomic mass is 9.87.